The number of nitriles is 1. The van der Waals surface area contributed by atoms with Gasteiger partial charge in [-0.15, -0.1) is 6.42 Å². The Morgan fingerprint density at radius 2 is 2.00 bits per heavy atom. The van der Waals surface area contributed by atoms with Gasteiger partial charge in [-0.3, -0.25) is 4.68 Å². The topological polar surface area (TPSA) is 41.6 Å². The fourth-order valence-corrected chi connectivity index (χ4v) is 1.43. The highest BCUT2D eigenvalue weighted by atomic mass is 15.3. The quantitative estimate of drug-likeness (QED) is 0.707. The summed E-state index contributed by atoms with van der Waals surface area (Å²) in [6.07, 6.45) is 8.86. The summed E-state index contributed by atoms with van der Waals surface area (Å²) in [6, 6.07) is 9.71. The molecule has 3 nitrogen and oxygen atoms in total. The van der Waals surface area contributed by atoms with Gasteiger partial charge in [0.05, 0.1) is 12.3 Å². The number of rotatable bonds is 2. The molecule has 1 heterocycles. The van der Waals surface area contributed by atoms with Crippen molar-refractivity contribution in [2.75, 3.05) is 0 Å². The molecule has 0 amide bonds. The van der Waals surface area contributed by atoms with Crippen LogP contribution in [0.1, 0.15) is 5.56 Å². The normalized spacial score (nSPS) is 9.38. The van der Waals surface area contributed by atoms with Crippen LogP contribution in [0.15, 0.2) is 36.7 Å². The van der Waals surface area contributed by atoms with Crippen molar-refractivity contribution in [2.24, 2.45) is 0 Å². The summed E-state index contributed by atoms with van der Waals surface area (Å²) in [5, 5.41) is 12.6. The van der Waals surface area contributed by atoms with Crippen LogP contribution in [0.3, 0.4) is 0 Å². The second-order valence-corrected chi connectivity index (χ2v) is 3.31. The molecule has 0 saturated carbocycles. The van der Waals surface area contributed by atoms with E-state index < -0.39 is 0 Å². The van der Waals surface area contributed by atoms with Crippen molar-refractivity contribution in [1.29, 1.82) is 5.26 Å². The van der Waals surface area contributed by atoms with Crippen molar-refractivity contribution < 1.29 is 0 Å². The Balaban J connectivity index is 2.29. The van der Waals surface area contributed by atoms with E-state index in [-0.39, 0.29) is 6.54 Å². The van der Waals surface area contributed by atoms with E-state index in [1.54, 1.807) is 10.9 Å². The molecule has 76 valence electrons. The van der Waals surface area contributed by atoms with Crippen molar-refractivity contribution in [3.63, 3.8) is 0 Å². The number of hydrogen-bond acceptors (Lipinski definition) is 2. The largest absolute Gasteiger partial charge is 0.258 e. The summed E-state index contributed by atoms with van der Waals surface area (Å²) in [7, 11) is 0. The molecule has 0 fully saturated rings. The lowest BCUT2D eigenvalue weighted by molar-refractivity contribution is 0.710. The van der Waals surface area contributed by atoms with Crippen LogP contribution in [0.4, 0.5) is 0 Å². The minimum atomic E-state index is 0.266. The number of nitrogens with zero attached hydrogens (tertiary/aromatic N) is 3. The molecule has 0 radical (unpaired) electrons. The summed E-state index contributed by atoms with van der Waals surface area (Å²) in [5.41, 5.74) is 2.88. The van der Waals surface area contributed by atoms with Gasteiger partial charge < -0.3 is 0 Å². The molecule has 0 unspecified atom stereocenters. The van der Waals surface area contributed by atoms with Crippen LogP contribution in [0.25, 0.3) is 11.1 Å². The van der Waals surface area contributed by atoms with Gasteiger partial charge in [0.1, 0.15) is 6.54 Å². The van der Waals surface area contributed by atoms with E-state index in [2.05, 4.69) is 11.0 Å². The number of hydrogen-bond donors (Lipinski definition) is 0. The average molecular weight is 207 g/mol. The number of terminal acetylenes is 1. The second-order valence-electron chi connectivity index (χ2n) is 3.31. The van der Waals surface area contributed by atoms with Crippen LogP contribution in [-0.4, -0.2) is 9.78 Å². The summed E-state index contributed by atoms with van der Waals surface area (Å²) < 4.78 is 1.60. The van der Waals surface area contributed by atoms with Gasteiger partial charge in [-0.05, 0) is 17.7 Å². The van der Waals surface area contributed by atoms with E-state index in [0.29, 0.717) is 0 Å². The lowest BCUT2D eigenvalue weighted by atomic mass is 10.1. The highest BCUT2D eigenvalue weighted by molar-refractivity contribution is 5.62. The molecule has 2 rings (SSSR count). The molecule has 0 aliphatic carbocycles. The standard InChI is InChI=1S/C13H9N3/c1-2-11-3-5-12(6-4-11)13-9-15-16(10-13)8-7-14/h1,3-6,9-10H,8H2. The Morgan fingerprint density at radius 1 is 1.25 bits per heavy atom. The SMILES string of the molecule is C#Cc1ccc(-c2cnn(CC#N)c2)cc1. The monoisotopic (exact) mass is 207 g/mol. The zero-order valence-corrected chi connectivity index (χ0v) is 8.59. The van der Waals surface area contributed by atoms with Crippen LogP contribution < -0.4 is 0 Å². The molecule has 0 aliphatic heterocycles. The van der Waals surface area contributed by atoms with Crippen molar-refractivity contribution in [3.8, 4) is 29.5 Å². The van der Waals surface area contributed by atoms with Crippen LogP contribution in [-0.2, 0) is 6.54 Å². The molecule has 0 bridgehead atoms. The third kappa shape index (κ3) is 1.94. The molecule has 2 aromatic rings. The fourth-order valence-electron chi connectivity index (χ4n) is 1.43. The highest BCUT2D eigenvalue weighted by Crippen LogP contribution is 2.18. The van der Waals surface area contributed by atoms with Crippen molar-refractivity contribution in [2.45, 2.75) is 6.54 Å². The Labute approximate surface area is 93.9 Å². The van der Waals surface area contributed by atoms with E-state index in [4.69, 9.17) is 11.7 Å². The van der Waals surface area contributed by atoms with Crippen LogP contribution in [0, 0.1) is 23.7 Å². The van der Waals surface area contributed by atoms with Crippen LogP contribution in [0.2, 0.25) is 0 Å². The molecule has 0 atom stereocenters. The van der Waals surface area contributed by atoms with Crippen molar-refractivity contribution >= 4 is 0 Å². The van der Waals surface area contributed by atoms with E-state index >= 15 is 0 Å². The Kier molecular flexibility index (Phi) is 2.71. The maximum absolute atomic E-state index is 8.53. The summed E-state index contributed by atoms with van der Waals surface area (Å²) in [5.74, 6) is 2.57. The summed E-state index contributed by atoms with van der Waals surface area (Å²) >= 11 is 0. The lowest BCUT2D eigenvalue weighted by Gasteiger charge is -1.96. The van der Waals surface area contributed by atoms with E-state index in [0.717, 1.165) is 16.7 Å². The Morgan fingerprint density at radius 3 is 2.62 bits per heavy atom. The molecule has 16 heavy (non-hydrogen) atoms. The molecule has 0 saturated heterocycles. The molecule has 0 spiro atoms. The first-order chi connectivity index (χ1) is 7.83. The van der Waals surface area contributed by atoms with Gasteiger partial charge in [-0.25, -0.2) is 0 Å². The predicted molar refractivity (Wildman–Crippen MR) is 61.2 cm³/mol. The number of aromatic nitrogens is 2. The zero-order valence-electron chi connectivity index (χ0n) is 8.59. The summed E-state index contributed by atoms with van der Waals surface area (Å²) in [4.78, 5) is 0. The molecule has 0 N–H and O–H groups in total. The lowest BCUT2D eigenvalue weighted by Crippen LogP contribution is -1.93. The van der Waals surface area contributed by atoms with Gasteiger partial charge in [0, 0.05) is 17.3 Å². The Hall–Kier alpha value is -2.52. The average Bonchev–Trinajstić information content (AvgIpc) is 2.78. The first kappa shape index (κ1) is 10.0. The van der Waals surface area contributed by atoms with Gasteiger partial charge in [0.15, 0.2) is 0 Å². The molecule has 1 aromatic carbocycles. The van der Waals surface area contributed by atoms with Gasteiger partial charge in [-0.1, -0.05) is 18.1 Å². The van der Waals surface area contributed by atoms with E-state index in [1.807, 2.05) is 36.5 Å². The van der Waals surface area contributed by atoms with Gasteiger partial charge in [0.25, 0.3) is 0 Å². The molecular formula is C13H9N3. The smallest absolute Gasteiger partial charge is 0.128 e. The van der Waals surface area contributed by atoms with Crippen molar-refractivity contribution in [1.82, 2.24) is 9.78 Å². The maximum atomic E-state index is 8.53. The minimum absolute atomic E-state index is 0.266. The second kappa shape index (κ2) is 4.33. The first-order valence-corrected chi connectivity index (χ1v) is 4.80. The third-order valence-corrected chi connectivity index (χ3v) is 2.25. The predicted octanol–water partition coefficient (Wildman–Crippen LogP) is 2.05. The molecule has 3 heteroatoms. The molecular weight excluding hydrogens is 198 g/mol. The van der Waals surface area contributed by atoms with Crippen LogP contribution in [0.5, 0.6) is 0 Å². The van der Waals surface area contributed by atoms with Crippen molar-refractivity contribution in [3.05, 3.63) is 42.2 Å². The highest BCUT2D eigenvalue weighted by Gasteiger charge is 2.00. The Bertz CT molecular complexity index is 564. The molecule has 0 aliphatic rings. The third-order valence-electron chi connectivity index (χ3n) is 2.25. The number of benzene rings is 1. The van der Waals surface area contributed by atoms with Gasteiger partial charge in [0.2, 0.25) is 0 Å². The van der Waals surface area contributed by atoms with E-state index in [9.17, 15) is 0 Å². The first-order valence-electron chi connectivity index (χ1n) is 4.80. The minimum Gasteiger partial charge on any atom is -0.258 e. The van der Waals surface area contributed by atoms with E-state index in [1.165, 1.54) is 0 Å². The fraction of sp³-hybridized carbons (Fsp3) is 0.0769. The van der Waals surface area contributed by atoms with Gasteiger partial charge >= 0.3 is 0 Å². The molecule has 1 aromatic heterocycles. The summed E-state index contributed by atoms with van der Waals surface area (Å²) in [6.45, 7) is 0.266. The van der Waals surface area contributed by atoms with Gasteiger partial charge in [-0.2, -0.15) is 10.4 Å². The maximum Gasteiger partial charge on any atom is 0.128 e. The zero-order chi connectivity index (χ0) is 11.4. The van der Waals surface area contributed by atoms with Crippen LogP contribution >= 0.6 is 0 Å².